The van der Waals surface area contributed by atoms with Crippen molar-refractivity contribution in [2.75, 3.05) is 38.2 Å². The molecular formula is C21H29N2O+. The number of nitrogens with one attached hydrogen (secondary N) is 1. The minimum Gasteiger partial charge on any atom is -0.496 e. The van der Waals surface area contributed by atoms with E-state index in [0.29, 0.717) is 0 Å². The van der Waals surface area contributed by atoms with Crippen molar-refractivity contribution in [3.8, 4) is 5.75 Å². The Labute approximate surface area is 145 Å². The summed E-state index contributed by atoms with van der Waals surface area (Å²) in [6.45, 7) is 12.3. The van der Waals surface area contributed by atoms with Crippen LogP contribution in [0.5, 0.6) is 5.75 Å². The summed E-state index contributed by atoms with van der Waals surface area (Å²) >= 11 is 0. The average Bonchev–Trinajstić information content (AvgIpc) is 2.58. The first-order valence-corrected chi connectivity index (χ1v) is 8.86. The largest absolute Gasteiger partial charge is 0.496 e. The molecule has 1 heterocycles. The second kappa shape index (κ2) is 7.27. The van der Waals surface area contributed by atoms with Gasteiger partial charge in [0.25, 0.3) is 0 Å². The van der Waals surface area contributed by atoms with Crippen LogP contribution in [0, 0.1) is 20.8 Å². The molecule has 0 spiro atoms. The van der Waals surface area contributed by atoms with E-state index in [4.69, 9.17) is 4.74 Å². The van der Waals surface area contributed by atoms with Gasteiger partial charge in [-0.25, -0.2) is 0 Å². The highest BCUT2D eigenvalue weighted by molar-refractivity contribution is 5.55. The Balaban J connectivity index is 1.61. The molecule has 1 fully saturated rings. The molecule has 128 valence electrons. The number of anilines is 1. The third kappa shape index (κ3) is 3.73. The molecule has 0 aromatic heterocycles. The Hall–Kier alpha value is -2.00. The first-order chi connectivity index (χ1) is 11.6. The standard InChI is InChI=1S/C21H28N2O/c1-16-5-6-17(2)20(13-16)23-11-9-22(10-12-23)15-19-7-8-21(24-4)18(3)14-19/h5-8,13-14H,9-12,15H2,1-4H3/p+1. The first kappa shape index (κ1) is 16.8. The summed E-state index contributed by atoms with van der Waals surface area (Å²) in [5.41, 5.74) is 6.77. The van der Waals surface area contributed by atoms with E-state index >= 15 is 0 Å². The van der Waals surface area contributed by atoms with Gasteiger partial charge in [-0.1, -0.05) is 12.1 Å². The minimum absolute atomic E-state index is 0.980. The lowest BCUT2D eigenvalue weighted by Gasteiger charge is -2.34. The molecule has 2 aromatic carbocycles. The summed E-state index contributed by atoms with van der Waals surface area (Å²) in [5, 5.41) is 0. The van der Waals surface area contributed by atoms with E-state index in [1.165, 1.54) is 41.0 Å². The Morgan fingerprint density at radius 1 is 0.958 bits per heavy atom. The zero-order chi connectivity index (χ0) is 17.1. The number of hydrogen-bond donors (Lipinski definition) is 1. The molecule has 3 rings (SSSR count). The SMILES string of the molecule is COc1ccc(C[NH+]2CCN(c3cc(C)ccc3C)CC2)cc1C. The van der Waals surface area contributed by atoms with Crippen molar-refractivity contribution in [2.24, 2.45) is 0 Å². The zero-order valence-corrected chi connectivity index (χ0v) is 15.4. The number of piperazine rings is 1. The van der Waals surface area contributed by atoms with Crippen molar-refractivity contribution in [1.29, 1.82) is 0 Å². The van der Waals surface area contributed by atoms with E-state index in [9.17, 15) is 0 Å². The molecule has 0 atom stereocenters. The van der Waals surface area contributed by atoms with Gasteiger partial charge >= 0.3 is 0 Å². The monoisotopic (exact) mass is 325 g/mol. The molecule has 1 aliphatic rings. The van der Waals surface area contributed by atoms with Crippen molar-refractivity contribution in [3.63, 3.8) is 0 Å². The molecule has 0 saturated carbocycles. The lowest BCUT2D eigenvalue weighted by Crippen LogP contribution is -3.13. The van der Waals surface area contributed by atoms with Gasteiger partial charge in [-0.15, -0.1) is 0 Å². The number of hydrogen-bond acceptors (Lipinski definition) is 2. The smallest absolute Gasteiger partial charge is 0.121 e. The number of nitrogens with zero attached hydrogens (tertiary/aromatic N) is 1. The highest BCUT2D eigenvalue weighted by Crippen LogP contribution is 2.21. The number of aryl methyl sites for hydroxylation is 3. The molecule has 3 heteroatoms. The second-order valence-corrected chi connectivity index (χ2v) is 7.01. The van der Waals surface area contributed by atoms with Crippen LogP contribution in [0.1, 0.15) is 22.3 Å². The van der Waals surface area contributed by atoms with E-state index in [-0.39, 0.29) is 0 Å². The molecule has 24 heavy (non-hydrogen) atoms. The van der Waals surface area contributed by atoms with E-state index in [2.05, 4.69) is 62.1 Å². The lowest BCUT2D eigenvalue weighted by atomic mass is 10.1. The van der Waals surface area contributed by atoms with Crippen molar-refractivity contribution in [3.05, 3.63) is 58.7 Å². The molecule has 3 nitrogen and oxygen atoms in total. The van der Waals surface area contributed by atoms with Crippen molar-refractivity contribution in [1.82, 2.24) is 0 Å². The third-order valence-corrected chi connectivity index (χ3v) is 5.09. The number of ether oxygens (including phenoxy) is 1. The summed E-state index contributed by atoms with van der Waals surface area (Å²) in [4.78, 5) is 4.21. The van der Waals surface area contributed by atoms with E-state index in [1.807, 2.05) is 0 Å². The number of methoxy groups -OCH3 is 1. The van der Waals surface area contributed by atoms with Crippen LogP contribution in [0.4, 0.5) is 5.69 Å². The number of rotatable bonds is 4. The van der Waals surface area contributed by atoms with Gasteiger partial charge in [0.15, 0.2) is 0 Å². The van der Waals surface area contributed by atoms with Crippen molar-refractivity contribution in [2.45, 2.75) is 27.3 Å². The Bertz CT molecular complexity index is 703. The van der Waals surface area contributed by atoms with E-state index in [1.54, 1.807) is 12.0 Å². The Morgan fingerprint density at radius 3 is 2.38 bits per heavy atom. The van der Waals surface area contributed by atoms with Gasteiger partial charge in [0.1, 0.15) is 12.3 Å². The first-order valence-electron chi connectivity index (χ1n) is 8.86. The highest BCUT2D eigenvalue weighted by Gasteiger charge is 2.21. The molecular weight excluding hydrogens is 296 g/mol. The summed E-state index contributed by atoms with van der Waals surface area (Å²) in [7, 11) is 1.74. The van der Waals surface area contributed by atoms with Crippen LogP contribution in [0.25, 0.3) is 0 Å². The molecule has 0 unspecified atom stereocenters. The van der Waals surface area contributed by atoms with E-state index < -0.39 is 0 Å². The molecule has 1 saturated heterocycles. The van der Waals surface area contributed by atoms with Gasteiger partial charge in [-0.05, 0) is 61.7 Å². The summed E-state index contributed by atoms with van der Waals surface area (Å²) in [6, 6.07) is 13.3. The summed E-state index contributed by atoms with van der Waals surface area (Å²) < 4.78 is 5.36. The minimum atomic E-state index is 0.980. The molecule has 2 aromatic rings. The van der Waals surface area contributed by atoms with Crippen LogP contribution in [-0.4, -0.2) is 33.3 Å². The quantitative estimate of drug-likeness (QED) is 0.930. The maximum atomic E-state index is 5.36. The van der Waals surface area contributed by atoms with Gasteiger partial charge in [0, 0.05) is 11.3 Å². The highest BCUT2D eigenvalue weighted by atomic mass is 16.5. The van der Waals surface area contributed by atoms with Gasteiger partial charge in [0.2, 0.25) is 0 Å². The summed E-state index contributed by atoms with van der Waals surface area (Å²) in [5.74, 6) is 0.980. The fourth-order valence-electron chi connectivity index (χ4n) is 3.64. The molecule has 0 aliphatic carbocycles. The number of quaternary nitrogens is 1. The van der Waals surface area contributed by atoms with Gasteiger partial charge in [-0.3, -0.25) is 0 Å². The van der Waals surface area contributed by atoms with Gasteiger partial charge in [0.05, 0.1) is 33.3 Å². The fraction of sp³-hybridized carbons (Fsp3) is 0.429. The van der Waals surface area contributed by atoms with Gasteiger partial charge in [-0.2, -0.15) is 0 Å². The fourth-order valence-corrected chi connectivity index (χ4v) is 3.64. The summed E-state index contributed by atoms with van der Waals surface area (Å²) in [6.07, 6.45) is 0. The zero-order valence-electron chi connectivity index (χ0n) is 15.4. The molecule has 0 bridgehead atoms. The van der Waals surface area contributed by atoms with Crippen LogP contribution in [-0.2, 0) is 6.54 Å². The van der Waals surface area contributed by atoms with Crippen LogP contribution in [0.2, 0.25) is 0 Å². The maximum absolute atomic E-state index is 5.36. The predicted octanol–water partition coefficient (Wildman–Crippen LogP) is 2.53. The molecule has 1 aliphatic heterocycles. The topological polar surface area (TPSA) is 16.9 Å². The molecule has 0 radical (unpaired) electrons. The van der Waals surface area contributed by atoms with Crippen LogP contribution in [0.15, 0.2) is 36.4 Å². The van der Waals surface area contributed by atoms with Gasteiger partial charge < -0.3 is 14.5 Å². The van der Waals surface area contributed by atoms with Crippen LogP contribution >= 0.6 is 0 Å². The van der Waals surface area contributed by atoms with Crippen molar-refractivity contribution < 1.29 is 9.64 Å². The molecule has 1 N–H and O–H groups in total. The second-order valence-electron chi connectivity index (χ2n) is 7.01. The van der Waals surface area contributed by atoms with Crippen molar-refractivity contribution >= 4 is 5.69 Å². The van der Waals surface area contributed by atoms with E-state index in [0.717, 1.165) is 25.4 Å². The van der Waals surface area contributed by atoms with Crippen LogP contribution < -0.4 is 14.5 Å². The Morgan fingerprint density at radius 2 is 1.71 bits per heavy atom. The molecule has 0 amide bonds. The Kier molecular flexibility index (Phi) is 5.10. The third-order valence-electron chi connectivity index (χ3n) is 5.09. The number of benzene rings is 2. The van der Waals surface area contributed by atoms with Crippen LogP contribution in [0.3, 0.4) is 0 Å². The predicted molar refractivity (Wildman–Crippen MR) is 100 cm³/mol. The average molecular weight is 325 g/mol. The maximum Gasteiger partial charge on any atom is 0.121 e. The normalized spacial score (nSPS) is 15.6. The lowest BCUT2D eigenvalue weighted by molar-refractivity contribution is -0.914.